The van der Waals surface area contributed by atoms with Crippen molar-refractivity contribution < 1.29 is 24.4 Å². The van der Waals surface area contributed by atoms with Gasteiger partial charge in [-0.05, 0) is 0 Å². The van der Waals surface area contributed by atoms with E-state index in [1.54, 1.807) is 0 Å². The third kappa shape index (κ3) is 1.27. The molecule has 0 aromatic rings. The van der Waals surface area contributed by atoms with E-state index >= 15 is 0 Å². The second-order valence-corrected chi connectivity index (χ2v) is 2.23. The number of ether oxygens (including phenoxy) is 1. The summed E-state index contributed by atoms with van der Waals surface area (Å²) in [5.74, 6) is 0. The van der Waals surface area contributed by atoms with Gasteiger partial charge in [0.15, 0.2) is 0 Å². The fourth-order valence-electron chi connectivity index (χ4n) is 0.770. The molecule has 1 aliphatic rings. The predicted molar refractivity (Wildman–Crippen MR) is 28.9 cm³/mol. The molecule has 4 nitrogen and oxygen atoms in total. The lowest BCUT2D eigenvalue weighted by Gasteiger charge is -2.30. The Hall–Kier alpha value is -0.230. The average Bonchev–Trinajstić information content (AvgIpc) is 1.93. The van der Waals surface area contributed by atoms with Gasteiger partial charge in [-0.1, -0.05) is 0 Å². The van der Waals surface area contributed by atoms with Crippen molar-refractivity contribution in [3.8, 4) is 0 Å². The summed E-state index contributed by atoms with van der Waals surface area (Å²) in [6, 6.07) is 0. The van der Waals surface area contributed by atoms with Crippen LogP contribution >= 0.6 is 0 Å². The summed E-state index contributed by atoms with van der Waals surface area (Å²) in [7, 11) is 0. The van der Waals surface area contributed by atoms with Crippen molar-refractivity contribution in [1.29, 1.82) is 0 Å². The molecule has 0 aromatic carbocycles. The van der Waals surface area contributed by atoms with E-state index in [4.69, 9.17) is 15.3 Å². The topological polar surface area (TPSA) is 69.9 Å². The second-order valence-electron chi connectivity index (χ2n) is 2.23. The number of alkyl halides is 1. The van der Waals surface area contributed by atoms with E-state index in [1.807, 2.05) is 0 Å². The van der Waals surface area contributed by atoms with Crippen molar-refractivity contribution in [2.45, 2.75) is 24.7 Å². The van der Waals surface area contributed by atoms with Crippen LogP contribution in [0.1, 0.15) is 0 Å². The molecule has 0 aromatic heterocycles. The quantitative estimate of drug-likeness (QED) is 0.391. The Morgan fingerprint density at radius 1 is 1.20 bits per heavy atom. The van der Waals surface area contributed by atoms with E-state index < -0.39 is 24.7 Å². The van der Waals surface area contributed by atoms with Gasteiger partial charge in [0.2, 0.25) is 6.36 Å². The third-order valence-corrected chi connectivity index (χ3v) is 1.44. The van der Waals surface area contributed by atoms with Crippen LogP contribution in [0.25, 0.3) is 0 Å². The molecule has 0 radical (unpaired) electrons. The van der Waals surface area contributed by atoms with Gasteiger partial charge in [-0.2, -0.15) is 0 Å². The van der Waals surface area contributed by atoms with Crippen molar-refractivity contribution >= 4 is 0 Å². The minimum Gasteiger partial charge on any atom is -0.388 e. The highest BCUT2D eigenvalue weighted by Gasteiger charge is 2.37. The van der Waals surface area contributed by atoms with Crippen LogP contribution in [0.5, 0.6) is 0 Å². The molecule has 60 valence electrons. The first-order valence-electron chi connectivity index (χ1n) is 2.93. The summed E-state index contributed by atoms with van der Waals surface area (Å²) in [6.45, 7) is -0.278. The lowest BCUT2D eigenvalue weighted by atomic mass is 10.1. The number of hydrogen-bond acceptors (Lipinski definition) is 4. The number of hydrogen-bond donors (Lipinski definition) is 3. The van der Waals surface area contributed by atoms with Gasteiger partial charge in [0.25, 0.3) is 0 Å². The first-order valence-corrected chi connectivity index (χ1v) is 2.93. The molecular weight excluding hydrogens is 143 g/mol. The van der Waals surface area contributed by atoms with Gasteiger partial charge < -0.3 is 20.1 Å². The lowest BCUT2D eigenvalue weighted by Crippen LogP contribution is -2.51. The average molecular weight is 152 g/mol. The van der Waals surface area contributed by atoms with Gasteiger partial charge in [0, 0.05) is 0 Å². The van der Waals surface area contributed by atoms with Crippen molar-refractivity contribution in [2.75, 3.05) is 6.61 Å². The van der Waals surface area contributed by atoms with Crippen LogP contribution in [0.4, 0.5) is 4.39 Å². The first kappa shape index (κ1) is 7.87. The minimum atomic E-state index is -1.89. The molecule has 1 heterocycles. The highest BCUT2D eigenvalue weighted by molar-refractivity contribution is 4.81. The van der Waals surface area contributed by atoms with Crippen molar-refractivity contribution in [2.24, 2.45) is 0 Å². The highest BCUT2D eigenvalue weighted by atomic mass is 19.1. The maximum Gasteiger partial charge on any atom is 0.227 e. The number of aliphatic hydroxyl groups is 3. The highest BCUT2D eigenvalue weighted by Crippen LogP contribution is 2.15. The first-order chi connectivity index (χ1) is 4.63. The zero-order chi connectivity index (χ0) is 7.72. The molecule has 0 bridgehead atoms. The van der Waals surface area contributed by atoms with E-state index in [1.165, 1.54) is 0 Å². The van der Waals surface area contributed by atoms with Crippen LogP contribution in [0.3, 0.4) is 0 Å². The molecule has 0 saturated carbocycles. The zero-order valence-corrected chi connectivity index (χ0v) is 5.14. The Balaban J connectivity index is 2.52. The van der Waals surface area contributed by atoms with Crippen LogP contribution in [0.15, 0.2) is 0 Å². The van der Waals surface area contributed by atoms with E-state index in [0.29, 0.717) is 0 Å². The van der Waals surface area contributed by atoms with Gasteiger partial charge in [-0.3, -0.25) is 0 Å². The zero-order valence-electron chi connectivity index (χ0n) is 5.14. The lowest BCUT2D eigenvalue weighted by molar-refractivity contribution is -0.224. The summed E-state index contributed by atoms with van der Waals surface area (Å²) >= 11 is 0. The Morgan fingerprint density at radius 2 is 1.80 bits per heavy atom. The summed E-state index contributed by atoms with van der Waals surface area (Å²) < 4.78 is 16.5. The van der Waals surface area contributed by atoms with E-state index in [0.717, 1.165) is 0 Å². The summed E-state index contributed by atoms with van der Waals surface area (Å²) in [4.78, 5) is 0. The Bertz CT molecular complexity index is 106. The Labute approximate surface area is 56.9 Å². The van der Waals surface area contributed by atoms with Gasteiger partial charge in [0.1, 0.15) is 18.3 Å². The van der Waals surface area contributed by atoms with Gasteiger partial charge in [-0.15, -0.1) is 0 Å². The normalized spacial score (nSPS) is 49.2. The van der Waals surface area contributed by atoms with Crippen molar-refractivity contribution in [1.82, 2.24) is 0 Å². The van der Waals surface area contributed by atoms with E-state index in [9.17, 15) is 4.39 Å². The standard InChI is InChI=1S/C5H9FO4/c6-5-4(9)3(8)2(7)1-10-5/h2-5,7-9H,1H2/t2-,3-,4+,5-/m1/s1. The van der Waals surface area contributed by atoms with Crippen LogP contribution in [-0.2, 0) is 4.74 Å². The molecule has 1 fully saturated rings. The molecule has 0 amide bonds. The van der Waals surface area contributed by atoms with Crippen molar-refractivity contribution in [3.63, 3.8) is 0 Å². The van der Waals surface area contributed by atoms with Gasteiger partial charge in [-0.25, -0.2) is 4.39 Å². The minimum absolute atomic E-state index is 0.278. The molecule has 0 unspecified atom stereocenters. The molecule has 10 heavy (non-hydrogen) atoms. The Morgan fingerprint density at radius 3 is 2.30 bits per heavy atom. The maximum absolute atomic E-state index is 12.3. The van der Waals surface area contributed by atoms with Crippen LogP contribution in [0, 0.1) is 0 Å². The second kappa shape index (κ2) is 2.79. The number of aliphatic hydroxyl groups excluding tert-OH is 3. The molecule has 0 aliphatic carbocycles. The molecular formula is C5H9FO4. The molecule has 1 saturated heterocycles. The molecule has 0 spiro atoms. The fourth-order valence-corrected chi connectivity index (χ4v) is 0.770. The van der Waals surface area contributed by atoms with Crippen LogP contribution in [-0.4, -0.2) is 46.6 Å². The van der Waals surface area contributed by atoms with Crippen molar-refractivity contribution in [3.05, 3.63) is 0 Å². The van der Waals surface area contributed by atoms with Gasteiger partial charge >= 0.3 is 0 Å². The predicted octanol–water partition coefficient (Wildman–Crippen LogP) is -1.61. The SMILES string of the molecule is O[C@H]1[C@H](O)[C@H](F)OC[C@H]1O. The maximum atomic E-state index is 12.3. The molecule has 4 atom stereocenters. The smallest absolute Gasteiger partial charge is 0.227 e. The largest absolute Gasteiger partial charge is 0.388 e. The van der Waals surface area contributed by atoms with Crippen LogP contribution in [0.2, 0.25) is 0 Å². The molecule has 1 rings (SSSR count). The monoisotopic (exact) mass is 152 g/mol. The molecule has 5 heteroatoms. The number of rotatable bonds is 0. The summed E-state index contributed by atoms with van der Waals surface area (Å²) in [5.41, 5.74) is 0. The molecule has 3 N–H and O–H groups in total. The fraction of sp³-hybridized carbons (Fsp3) is 1.00. The summed E-state index contributed by atoms with van der Waals surface area (Å²) in [6.07, 6.45) is -6.16. The summed E-state index contributed by atoms with van der Waals surface area (Å²) in [5, 5.41) is 26.3. The number of halogens is 1. The van der Waals surface area contributed by atoms with Gasteiger partial charge in [0.05, 0.1) is 6.61 Å². The Kier molecular flexibility index (Phi) is 2.20. The third-order valence-electron chi connectivity index (χ3n) is 1.44. The van der Waals surface area contributed by atoms with E-state index in [-0.39, 0.29) is 6.61 Å². The molecule has 1 aliphatic heterocycles. The van der Waals surface area contributed by atoms with Crippen LogP contribution < -0.4 is 0 Å². The van der Waals surface area contributed by atoms with E-state index in [2.05, 4.69) is 4.74 Å².